The first-order valence-corrected chi connectivity index (χ1v) is 40.8. The molecule has 0 bridgehead atoms. The normalized spacial score (nSPS) is 14.5. The first-order valence-electron chi connectivity index (χ1n) is 37.8. The van der Waals surface area contributed by atoms with Gasteiger partial charge in [-0.1, -0.05) is 303 Å². The summed E-state index contributed by atoms with van der Waals surface area (Å²) in [6.45, 7) is 9.52. The highest BCUT2D eigenvalue weighted by molar-refractivity contribution is 7.47. The average molecular weight is 1360 g/mol. The summed E-state index contributed by atoms with van der Waals surface area (Å²) in [6.07, 6.45) is 54.9. The highest BCUT2D eigenvalue weighted by Crippen LogP contribution is 2.45. The van der Waals surface area contributed by atoms with Crippen molar-refractivity contribution in [2.24, 2.45) is 11.8 Å². The molecule has 0 fully saturated rings. The zero-order valence-corrected chi connectivity index (χ0v) is 61.8. The van der Waals surface area contributed by atoms with Crippen LogP contribution in [0, 0.1) is 11.8 Å². The molecular formula is C74H140O17P2. The number of carbonyl (C=O) groups excluding carboxylic acids is 4. The summed E-state index contributed by atoms with van der Waals surface area (Å²) in [5.41, 5.74) is 0. The Kier molecular flexibility index (Phi) is 63.7. The number of allylic oxidation sites excluding steroid dienone is 4. The Hall–Kier alpha value is -2.46. The van der Waals surface area contributed by atoms with E-state index in [0.717, 1.165) is 134 Å². The number of carbonyl (C=O) groups is 4. The maximum Gasteiger partial charge on any atom is 0.472 e. The number of aliphatic hydroxyl groups is 1. The lowest BCUT2D eigenvalue weighted by atomic mass is 9.99. The van der Waals surface area contributed by atoms with E-state index in [9.17, 15) is 43.2 Å². The van der Waals surface area contributed by atoms with Crippen LogP contribution in [0.1, 0.15) is 356 Å². The van der Waals surface area contributed by atoms with E-state index in [-0.39, 0.29) is 25.7 Å². The number of esters is 4. The zero-order chi connectivity index (χ0) is 68.6. The van der Waals surface area contributed by atoms with Gasteiger partial charge >= 0.3 is 39.5 Å². The van der Waals surface area contributed by atoms with E-state index in [4.69, 9.17) is 37.0 Å². The minimum Gasteiger partial charge on any atom is -0.462 e. The molecule has 0 aliphatic rings. The van der Waals surface area contributed by atoms with Crippen LogP contribution in [-0.2, 0) is 65.4 Å². The molecule has 0 saturated carbocycles. The highest BCUT2D eigenvalue weighted by atomic mass is 31.2. The van der Waals surface area contributed by atoms with Crippen LogP contribution in [-0.4, -0.2) is 96.7 Å². The third kappa shape index (κ3) is 66.6. The molecule has 0 amide bonds. The van der Waals surface area contributed by atoms with Crippen molar-refractivity contribution in [3.63, 3.8) is 0 Å². The molecule has 548 valence electrons. The minimum absolute atomic E-state index is 0.100. The molecule has 0 aromatic heterocycles. The molecule has 93 heavy (non-hydrogen) atoms. The lowest BCUT2D eigenvalue weighted by Crippen LogP contribution is -2.30. The SMILES string of the molecule is CCCCCC/C=C\C=C/CCCCCCCC(=O)OC[C@H](COP(=O)(O)OC[C@@H](O)COP(=O)(O)OC[C@@H](COC(=O)CCCCCCCCC)OC(=O)CCCCCCCCCCCCC(C)CC)OC(=O)CCCCCCCCCCCCCCCCC(C)C. The minimum atomic E-state index is -4.96. The summed E-state index contributed by atoms with van der Waals surface area (Å²) in [6, 6.07) is 0. The first kappa shape index (κ1) is 90.5. The molecule has 3 unspecified atom stereocenters. The summed E-state index contributed by atoms with van der Waals surface area (Å²) < 4.78 is 68.3. The predicted octanol–water partition coefficient (Wildman–Crippen LogP) is 21.1. The van der Waals surface area contributed by atoms with Gasteiger partial charge in [0.25, 0.3) is 0 Å². The predicted molar refractivity (Wildman–Crippen MR) is 377 cm³/mol. The lowest BCUT2D eigenvalue weighted by Gasteiger charge is -2.21. The Balaban J connectivity index is 5.24. The Bertz CT molecular complexity index is 1900. The number of ether oxygens (including phenoxy) is 4. The molecule has 0 aliphatic carbocycles. The summed E-state index contributed by atoms with van der Waals surface area (Å²) in [7, 11) is -9.91. The topological polar surface area (TPSA) is 237 Å². The highest BCUT2D eigenvalue weighted by Gasteiger charge is 2.30. The van der Waals surface area contributed by atoms with Crippen molar-refractivity contribution < 1.29 is 80.2 Å². The molecule has 0 radical (unpaired) electrons. The molecule has 17 nitrogen and oxygen atoms in total. The van der Waals surface area contributed by atoms with Gasteiger partial charge in [0.05, 0.1) is 26.4 Å². The zero-order valence-electron chi connectivity index (χ0n) is 60.0. The largest absolute Gasteiger partial charge is 0.472 e. The van der Waals surface area contributed by atoms with Crippen LogP contribution in [0.4, 0.5) is 0 Å². The summed E-state index contributed by atoms with van der Waals surface area (Å²) >= 11 is 0. The molecule has 19 heteroatoms. The van der Waals surface area contributed by atoms with Crippen molar-refractivity contribution in [1.82, 2.24) is 0 Å². The van der Waals surface area contributed by atoms with Gasteiger partial charge in [-0.2, -0.15) is 0 Å². The van der Waals surface area contributed by atoms with E-state index in [1.807, 2.05) is 0 Å². The van der Waals surface area contributed by atoms with Gasteiger partial charge in [0, 0.05) is 25.7 Å². The Morgan fingerprint density at radius 3 is 0.968 bits per heavy atom. The van der Waals surface area contributed by atoms with Crippen LogP contribution in [0.25, 0.3) is 0 Å². The van der Waals surface area contributed by atoms with Gasteiger partial charge in [0.2, 0.25) is 0 Å². The maximum absolute atomic E-state index is 13.1. The quantitative estimate of drug-likeness (QED) is 0.0169. The van der Waals surface area contributed by atoms with Crippen LogP contribution in [0.2, 0.25) is 0 Å². The van der Waals surface area contributed by atoms with Gasteiger partial charge in [-0.15, -0.1) is 0 Å². The summed E-state index contributed by atoms with van der Waals surface area (Å²) in [5, 5.41) is 10.6. The summed E-state index contributed by atoms with van der Waals surface area (Å²) in [5.74, 6) is -0.558. The average Bonchev–Trinajstić information content (AvgIpc) is 3.15. The number of unbranched alkanes of at least 4 members (excludes halogenated alkanes) is 37. The van der Waals surface area contributed by atoms with Crippen molar-refractivity contribution in [3.05, 3.63) is 24.3 Å². The van der Waals surface area contributed by atoms with Crippen molar-refractivity contribution in [1.29, 1.82) is 0 Å². The van der Waals surface area contributed by atoms with Gasteiger partial charge in [0.15, 0.2) is 12.2 Å². The molecule has 0 heterocycles. The van der Waals surface area contributed by atoms with Gasteiger partial charge < -0.3 is 33.8 Å². The van der Waals surface area contributed by atoms with Crippen LogP contribution >= 0.6 is 15.6 Å². The summed E-state index contributed by atoms with van der Waals surface area (Å²) in [4.78, 5) is 72.6. The van der Waals surface area contributed by atoms with Crippen molar-refractivity contribution in [2.45, 2.75) is 374 Å². The standard InChI is InChI=1S/C74H140O17P2/c1-7-10-12-14-16-17-18-19-20-24-27-33-39-45-51-57-72(77)85-63-70(91-73(78)58-52-46-40-34-28-25-22-21-23-26-31-37-42-48-54-66(4)5)65-89-93(82,83)87-61-68(75)60-86-92(80,81)88-64-69(62-84-71(76)56-50-44-36-15-13-11-8-2)90-74(79)59-53-47-41-35-30-29-32-38-43-49-55-67(6)9-3/h17-20,66-70,75H,7-16,21-65H2,1-6H3,(H,80,81)(H,82,83)/b18-17-,20-19-/t67?,68-,69+,70+/m0/s1. The Morgan fingerprint density at radius 1 is 0.355 bits per heavy atom. The van der Waals surface area contributed by atoms with E-state index >= 15 is 0 Å². The second-order valence-electron chi connectivity index (χ2n) is 26.7. The van der Waals surface area contributed by atoms with E-state index in [1.165, 1.54) is 141 Å². The molecule has 3 N–H and O–H groups in total. The van der Waals surface area contributed by atoms with Gasteiger partial charge in [0.1, 0.15) is 19.3 Å². The molecule has 0 saturated heterocycles. The molecule has 0 aromatic carbocycles. The molecule has 0 spiro atoms. The third-order valence-corrected chi connectivity index (χ3v) is 18.8. The second-order valence-corrected chi connectivity index (χ2v) is 29.6. The van der Waals surface area contributed by atoms with Crippen LogP contribution in [0.15, 0.2) is 24.3 Å². The van der Waals surface area contributed by atoms with E-state index in [0.29, 0.717) is 25.7 Å². The number of rotatable bonds is 71. The molecule has 6 atom stereocenters. The molecular weight excluding hydrogens is 1220 g/mol. The maximum atomic E-state index is 13.1. The van der Waals surface area contributed by atoms with Crippen LogP contribution in [0.5, 0.6) is 0 Å². The van der Waals surface area contributed by atoms with E-state index in [2.05, 4.69) is 65.8 Å². The van der Waals surface area contributed by atoms with Crippen LogP contribution in [0.3, 0.4) is 0 Å². The van der Waals surface area contributed by atoms with Gasteiger partial charge in [-0.05, 0) is 63.2 Å². The van der Waals surface area contributed by atoms with E-state index in [1.54, 1.807) is 0 Å². The Morgan fingerprint density at radius 2 is 0.634 bits per heavy atom. The fourth-order valence-corrected chi connectivity index (χ4v) is 12.3. The molecule has 0 aromatic rings. The van der Waals surface area contributed by atoms with Crippen molar-refractivity contribution in [3.8, 4) is 0 Å². The van der Waals surface area contributed by atoms with E-state index < -0.39 is 97.5 Å². The first-order chi connectivity index (χ1) is 44.9. The van der Waals surface area contributed by atoms with Crippen molar-refractivity contribution in [2.75, 3.05) is 39.6 Å². The van der Waals surface area contributed by atoms with Crippen molar-refractivity contribution >= 4 is 39.5 Å². The van der Waals surface area contributed by atoms with Gasteiger partial charge in [-0.25, -0.2) is 9.13 Å². The molecule has 0 rings (SSSR count). The fraction of sp³-hybridized carbons (Fsp3) is 0.892. The lowest BCUT2D eigenvalue weighted by molar-refractivity contribution is -0.161. The van der Waals surface area contributed by atoms with Gasteiger partial charge in [-0.3, -0.25) is 37.3 Å². The number of hydrogen-bond donors (Lipinski definition) is 3. The number of hydrogen-bond acceptors (Lipinski definition) is 15. The molecule has 0 aliphatic heterocycles. The van der Waals surface area contributed by atoms with Crippen LogP contribution < -0.4 is 0 Å². The second kappa shape index (κ2) is 65.5. The monoisotopic (exact) mass is 1360 g/mol. The number of aliphatic hydroxyl groups excluding tert-OH is 1. The number of phosphoric acid groups is 2. The third-order valence-electron chi connectivity index (χ3n) is 16.9. The smallest absolute Gasteiger partial charge is 0.462 e. The fourth-order valence-electron chi connectivity index (χ4n) is 10.7. The number of phosphoric ester groups is 2. The Labute approximate surface area is 567 Å².